The summed E-state index contributed by atoms with van der Waals surface area (Å²) in [6, 6.07) is 8.06. The number of hydrogen-bond acceptors (Lipinski definition) is 6. The number of carbonyl (C=O) groups excluding carboxylic acids is 1. The molecule has 0 saturated carbocycles. The second-order valence-corrected chi connectivity index (χ2v) is 7.98. The van der Waals surface area contributed by atoms with Gasteiger partial charge in [0.05, 0.1) is 30.7 Å². The van der Waals surface area contributed by atoms with Crippen LogP contribution in [0.4, 0.5) is 0 Å². The van der Waals surface area contributed by atoms with E-state index in [-0.39, 0.29) is 18.9 Å². The van der Waals surface area contributed by atoms with Gasteiger partial charge >= 0.3 is 5.97 Å². The smallest absolute Gasteiger partial charge is 0.306 e. The van der Waals surface area contributed by atoms with Crippen molar-refractivity contribution in [2.45, 2.75) is 31.9 Å². The van der Waals surface area contributed by atoms with Crippen LogP contribution in [0.1, 0.15) is 30.1 Å². The molecule has 2 aromatic carbocycles. The highest BCUT2D eigenvalue weighted by Crippen LogP contribution is 2.47. The van der Waals surface area contributed by atoms with E-state index in [0.29, 0.717) is 24.3 Å². The number of esters is 1. The van der Waals surface area contributed by atoms with Crippen LogP contribution in [0, 0.1) is 0 Å². The lowest BCUT2D eigenvalue weighted by molar-refractivity contribution is -0.686. The first-order valence-corrected chi connectivity index (χ1v) is 10.4. The van der Waals surface area contributed by atoms with E-state index in [1.54, 1.807) is 14.2 Å². The molecule has 1 saturated heterocycles. The number of ether oxygens (including phenoxy) is 5. The molecular formula is C24H22NO6+. The largest absolute Gasteiger partial charge is 0.493 e. The fourth-order valence-corrected chi connectivity index (χ4v) is 5.00. The highest BCUT2D eigenvalue weighted by molar-refractivity contribution is 5.95. The average molecular weight is 420 g/mol. The summed E-state index contributed by atoms with van der Waals surface area (Å²) in [5, 5.41) is 1.93. The zero-order valence-electron chi connectivity index (χ0n) is 17.4. The van der Waals surface area contributed by atoms with Crippen LogP contribution in [-0.4, -0.2) is 27.0 Å². The molecule has 158 valence electrons. The molecule has 0 bridgehead atoms. The van der Waals surface area contributed by atoms with Crippen LogP contribution in [0.15, 0.2) is 30.5 Å². The van der Waals surface area contributed by atoms with Crippen molar-refractivity contribution in [2.24, 2.45) is 0 Å². The molecular weight excluding hydrogens is 398 g/mol. The molecule has 1 unspecified atom stereocenters. The molecule has 0 radical (unpaired) electrons. The van der Waals surface area contributed by atoms with Gasteiger partial charge in [0.2, 0.25) is 12.5 Å². The maximum Gasteiger partial charge on any atom is 0.306 e. The molecule has 3 aromatic rings. The number of cyclic esters (lactones) is 1. The fraction of sp³-hybridized carbons (Fsp3) is 0.333. The Labute approximate surface area is 179 Å². The summed E-state index contributed by atoms with van der Waals surface area (Å²) in [5.41, 5.74) is 4.35. The second kappa shape index (κ2) is 6.77. The first-order chi connectivity index (χ1) is 15.2. The van der Waals surface area contributed by atoms with E-state index in [4.69, 9.17) is 23.7 Å². The Morgan fingerprint density at radius 3 is 2.61 bits per heavy atom. The van der Waals surface area contributed by atoms with Gasteiger partial charge in [-0.2, -0.15) is 4.57 Å². The predicted molar refractivity (Wildman–Crippen MR) is 111 cm³/mol. The van der Waals surface area contributed by atoms with Crippen LogP contribution in [0.25, 0.3) is 22.0 Å². The van der Waals surface area contributed by atoms with Crippen molar-refractivity contribution in [1.29, 1.82) is 0 Å². The van der Waals surface area contributed by atoms with Gasteiger partial charge in [-0.05, 0) is 36.2 Å². The Morgan fingerprint density at radius 1 is 1.03 bits per heavy atom. The molecule has 3 aliphatic rings. The number of nitrogens with zero attached hydrogens (tertiary/aromatic N) is 1. The van der Waals surface area contributed by atoms with Crippen LogP contribution < -0.4 is 23.5 Å². The van der Waals surface area contributed by atoms with E-state index >= 15 is 0 Å². The minimum Gasteiger partial charge on any atom is -0.493 e. The zero-order valence-corrected chi connectivity index (χ0v) is 17.4. The Morgan fingerprint density at radius 2 is 1.87 bits per heavy atom. The summed E-state index contributed by atoms with van der Waals surface area (Å²) in [4.78, 5) is 12.0. The number of rotatable bonds is 3. The molecule has 31 heavy (non-hydrogen) atoms. The summed E-state index contributed by atoms with van der Waals surface area (Å²) in [7, 11) is 3.28. The number of fused-ring (bicyclic) bond motifs is 5. The van der Waals surface area contributed by atoms with Gasteiger partial charge in [0.15, 0.2) is 35.7 Å². The average Bonchev–Trinajstić information content (AvgIpc) is 3.43. The third kappa shape index (κ3) is 2.65. The predicted octanol–water partition coefficient (Wildman–Crippen LogP) is 3.47. The van der Waals surface area contributed by atoms with Crippen molar-refractivity contribution in [2.75, 3.05) is 21.0 Å². The monoisotopic (exact) mass is 420 g/mol. The highest BCUT2D eigenvalue weighted by Gasteiger charge is 2.38. The van der Waals surface area contributed by atoms with Crippen LogP contribution in [0.5, 0.6) is 23.0 Å². The SMILES string of the molecule is COc1ccc2c(C3CCC(=O)O3)c3[n+](cc2c1OC)CCc1cc2c(cc1-3)OCO2. The maximum atomic E-state index is 12.0. The standard InChI is InChI=1S/C24H22NO6/c1-27-18-4-3-14-16(24(18)28-2)11-25-8-7-13-9-19-20(30-12-29-19)10-15(13)23(25)22(14)17-5-6-21(26)31-17/h3-4,9-11,17H,5-8,12H2,1-2H3/q+1. The molecule has 1 fully saturated rings. The van der Waals surface area contributed by atoms with Crippen LogP contribution in [0.2, 0.25) is 0 Å². The molecule has 0 amide bonds. The molecule has 4 heterocycles. The van der Waals surface area contributed by atoms with E-state index in [1.807, 2.05) is 12.1 Å². The number of hydrogen-bond donors (Lipinski definition) is 0. The number of carbonyl (C=O) groups is 1. The van der Waals surface area contributed by atoms with Gasteiger partial charge in [0.1, 0.15) is 6.10 Å². The van der Waals surface area contributed by atoms with Crippen molar-refractivity contribution >= 4 is 16.7 Å². The number of aryl methyl sites for hydroxylation is 2. The lowest BCUT2D eigenvalue weighted by atomic mass is 9.88. The number of aromatic nitrogens is 1. The second-order valence-electron chi connectivity index (χ2n) is 7.98. The van der Waals surface area contributed by atoms with Crippen LogP contribution in [-0.2, 0) is 22.5 Å². The first-order valence-electron chi connectivity index (χ1n) is 10.4. The van der Waals surface area contributed by atoms with E-state index in [2.05, 4.69) is 22.9 Å². The third-order valence-corrected chi connectivity index (χ3v) is 6.38. The van der Waals surface area contributed by atoms with E-state index < -0.39 is 0 Å². The lowest BCUT2D eigenvalue weighted by Gasteiger charge is -2.22. The normalized spacial score (nSPS) is 18.5. The summed E-state index contributed by atoms with van der Waals surface area (Å²) in [6.07, 6.45) is 3.73. The molecule has 0 N–H and O–H groups in total. The molecule has 0 aliphatic carbocycles. The lowest BCUT2D eigenvalue weighted by Crippen LogP contribution is -2.41. The Balaban J connectivity index is 1.69. The van der Waals surface area contributed by atoms with Gasteiger partial charge in [-0.1, -0.05) is 0 Å². The minimum atomic E-state index is -0.313. The molecule has 3 aliphatic heterocycles. The van der Waals surface area contributed by atoms with Crippen molar-refractivity contribution in [3.8, 4) is 34.3 Å². The number of benzene rings is 2. The van der Waals surface area contributed by atoms with E-state index in [9.17, 15) is 4.79 Å². The molecule has 0 spiro atoms. The van der Waals surface area contributed by atoms with E-state index in [1.165, 1.54) is 5.56 Å². The quantitative estimate of drug-likeness (QED) is 0.478. The molecule has 7 heteroatoms. The van der Waals surface area contributed by atoms with Gasteiger partial charge in [-0.3, -0.25) is 4.79 Å². The van der Waals surface area contributed by atoms with Gasteiger partial charge in [-0.25, -0.2) is 0 Å². The first kappa shape index (κ1) is 18.3. The summed E-state index contributed by atoms with van der Waals surface area (Å²) in [6.45, 7) is 1.03. The summed E-state index contributed by atoms with van der Waals surface area (Å²) >= 11 is 0. The van der Waals surface area contributed by atoms with Gasteiger partial charge in [-0.15, -0.1) is 0 Å². The zero-order chi connectivity index (χ0) is 21.1. The number of methoxy groups -OCH3 is 2. The summed E-state index contributed by atoms with van der Waals surface area (Å²) < 4.78 is 30.5. The Hall–Kier alpha value is -3.48. The van der Waals surface area contributed by atoms with Crippen LogP contribution in [0.3, 0.4) is 0 Å². The van der Waals surface area contributed by atoms with Crippen molar-refractivity contribution in [3.63, 3.8) is 0 Å². The van der Waals surface area contributed by atoms with Gasteiger partial charge in [0.25, 0.3) is 0 Å². The highest BCUT2D eigenvalue weighted by atomic mass is 16.7. The van der Waals surface area contributed by atoms with Gasteiger partial charge < -0.3 is 23.7 Å². The Bertz CT molecular complexity index is 1250. The molecule has 6 rings (SSSR count). The fourth-order valence-electron chi connectivity index (χ4n) is 5.00. The minimum absolute atomic E-state index is 0.164. The van der Waals surface area contributed by atoms with Crippen LogP contribution >= 0.6 is 0 Å². The third-order valence-electron chi connectivity index (χ3n) is 6.38. The molecule has 1 aromatic heterocycles. The van der Waals surface area contributed by atoms with Crippen molar-refractivity contribution in [3.05, 3.63) is 41.6 Å². The van der Waals surface area contributed by atoms with Crippen molar-refractivity contribution in [1.82, 2.24) is 0 Å². The number of pyridine rings is 1. The summed E-state index contributed by atoms with van der Waals surface area (Å²) in [5.74, 6) is 2.71. The van der Waals surface area contributed by atoms with Crippen molar-refractivity contribution < 1.29 is 33.0 Å². The topological polar surface area (TPSA) is 67.1 Å². The molecule has 7 nitrogen and oxygen atoms in total. The molecule has 1 atom stereocenters. The van der Waals surface area contributed by atoms with Gasteiger partial charge in [0, 0.05) is 18.2 Å². The Kier molecular flexibility index (Phi) is 4.00. The maximum absolute atomic E-state index is 12.0. The van der Waals surface area contributed by atoms with E-state index in [0.717, 1.165) is 52.1 Å².